The van der Waals surface area contributed by atoms with Crippen molar-refractivity contribution in [1.29, 1.82) is 0 Å². The van der Waals surface area contributed by atoms with E-state index in [-0.39, 0.29) is 18.0 Å². The summed E-state index contributed by atoms with van der Waals surface area (Å²) in [5.74, 6) is -1.95. The lowest BCUT2D eigenvalue weighted by Gasteiger charge is -2.22. The molecule has 2 N–H and O–H groups in total. The van der Waals surface area contributed by atoms with Crippen LogP contribution >= 0.6 is 0 Å². The lowest BCUT2D eigenvalue weighted by atomic mass is 9.94. The van der Waals surface area contributed by atoms with Crippen LogP contribution in [0.15, 0.2) is 24.3 Å². The first kappa shape index (κ1) is 20.6. The quantitative estimate of drug-likeness (QED) is 0.584. The van der Waals surface area contributed by atoms with Crippen LogP contribution in [0.5, 0.6) is 0 Å². The van der Waals surface area contributed by atoms with Gasteiger partial charge in [0.2, 0.25) is 0 Å². The number of nitrogens with one attached hydrogen (secondary N) is 1. The second-order valence-electron chi connectivity index (χ2n) is 7.71. The summed E-state index contributed by atoms with van der Waals surface area (Å²) >= 11 is 0. The average Bonchev–Trinajstić information content (AvgIpc) is 2.98. The van der Waals surface area contributed by atoms with Crippen molar-refractivity contribution in [2.75, 3.05) is 0 Å². The second-order valence-corrected chi connectivity index (χ2v) is 7.71. The van der Waals surface area contributed by atoms with Crippen molar-refractivity contribution in [1.82, 2.24) is 5.32 Å². The Labute approximate surface area is 158 Å². The highest BCUT2D eigenvalue weighted by Gasteiger charge is 2.31. The summed E-state index contributed by atoms with van der Waals surface area (Å²) < 4.78 is 5.08. The van der Waals surface area contributed by atoms with Gasteiger partial charge in [-0.25, -0.2) is 9.59 Å². The molecule has 0 heterocycles. The van der Waals surface area contributed by atoms with Gasteiger partial charge >= 0.3 is 12.1 Å². The number of alkyl carbamates (subject to hydrolysis) is 1. The van der Waals surface area contributed by atoms with Gasteiger partial charge in [-0.05, 0) is 39.2 Å². The van der Waals surface area contributed by atoms with E-state index in [1.165, 1.54) is 0 Å². The first-order chi connectivity index (χ1) is 12.6. The zero-order chi connectivity index (χ0) is 20.2. The van der Waals surface area contributed by atoms with Crippen LogP contribution in [0.1, 0.15) is 56.0 Å². The first-order valence-electron chi connectivity index (χ1n) is 8.95. The molecule has 0 radical (unpaired) electrons. The Morgan fingerprint density at radius 3 is 2.33 bits per heavy atom. The van der Waals surface area contributed by atoms with Crippen molar-refractivity contribution >= 4 is 23.6 Å². The molecule has 7 nitrogen and oxygen atoms in total. The molecule has 2 atom stereocenters. The van der Waals surface area contributed by atoms with Crippen molar-refractivity contribution < 1.29 is 29.0 Å². The molecule has 1 fully saturated rings. The first-order valence-corrected chi connectivity index (χ1v) is 8.95. The third kappa shape index (κ3) is 5.91. The van der Waals surface area contributed by atoms with Gasteiger partial charge in [-0.15, -0.1) is 0 Å². The molecule has 0 saturated heterocycles. The number of amides is 1. The molecule has 1 aromatic carbocycles. The topological polar surface area (TPSA) is 110 Å². The summed E-state index contributed by atoms with van der Waals surface area (Å²) in [6.45, 7) is 5.06. The van der Waals surface area contributed by atoms with E-state index < -0.39 is 29.6 Å². The molecule has 7 heteroatoms. The van der Waals surface area contributed by atoms with E-state index >= 15 is 0 Å². The number of carboxylic acids is 1. The molecule has 0 spiro atoms. The minimum atomic E-state index is -1.18. The van der Waals surface area contributed by atoms with Crippen LogP contribution in [0.4, 0.5) is 4.79 Å². The molecular formula is C20H25NO6. The molecule has 27 heavy (non-hydrogen) atoms. The van der Waals surface area contributed by atoms with Crippen LogP contribution in [-0.2, 0) is 20.7 Å². The molecule has 2 unspecified atom stereocenters. The highest BCUT2D eigenvalue weighted by Crippen LogP contribution is 2.25. The zero-order valence-corrected chi connectivity index (χ0v) is 15.8. The van der Waals surface area contributed by atoms with Crippen molar-refractivity contribution in [2.45, 2.75) is 58.1 Å². The number of carboxylic acid groups (broad SMARTS) is 1. The molecule has 146 valence electrons. The van der Waals surface area contributed by atoms with Crippen LogP contribution < -0.4 is 5.32 Å². The van der Waals surface area contributed by atoms with Crippen LogP contribution in [0.25, 0.3) is 0 Å². The van der Waals surface area contributed by atoms with Crippen molar-refractivity contribution in [2.24, 2.45) is 5.92 Å². The van der Waals surface area contributed by atoms with Crippen LogP contribution in [0.3, 0.4) is 0 Å². The van der Waals surface area contributed by atoms with E-state index in [1.807, 2.05) is 0 Å². The highest BCUT2D eigenvalue weighted by molar-refractivity contribution is 6.11. The number of ether oxygens (including phenoxy) is 1. The van der Waals surface area contributed by atoms with E-state index in [4.69, 9.17) is 4.74 Å². The Kier molecular flexibility index (Phi) is 6.36. The normalized spacial score (nSPS) is 18.0. The van der Waals surface area contributed by atoms with E-state index in [1.54, 1.807) is 45.0 Å². The molecular weight excluding hydrogens is 350 g/mol. The molecule has 1 amide bonds. The number of Topliss-reactive ketones (excluding diaryl/α,β-unsaturated/α-hetero) is 2. The molecule has 0 aromatic heterocycles. The number of carbonyl (C=O) groups excluding carboxylic acids is 3. The molecule has 1 aromatic rings. The predicted molar refractivity (Wildman–Crippen MR) is 97.6 cm³/mol. The standard InChI is InChI=1S/C20H25NO6/c1-20(2,3)27-19(26)21-15(18(24)25)11-12-7-9-13(10-8-12)17(23)14-5-4-6-16(14)22/h7-10,14-15H,4-6,11H2,1-3H3,(H,21,26)(H,24,25). The minimum absolute atomic E-state index is 0.0171. The number of ketones is 2. The average molecular weight is 375 g/mol. The van der Waals surface area contributed by atoms with Crippen molar-refractivity contribution in [3.05, 3.63) is 35.4 Å². The molecule has 0 aliphatic heterocycles. The van der Waals surface area contributed by atoms with Gasteiger partial charge < -0.3 is 15.2 Å². The maximum absolute atomic E-state index is 12.4. The summed E-state index contributed by atoms with van der Waals surface area (Å²) in [4.78, 5) is 47.4. The van der Waals surface area contributed by atoms with Crippen molar-refractivity contribution in [3.8, 4) is 0 Å². The zero-order valence-electron chi connectivity index (χ0n) is 15.8. The Balaban J connectivity index is 2.02. The third-order valence-electron chi connectivity index (χ3n) is 4.29. The molecule has 2 rings (SSSR count). The fourth-order valence-electron chi connectivity index (χ4n) is 2.98. The number of rotatable bonds is 6. The van der Waals surface area contributed by atoms with E-state index in [0.717, 1.165) is 6.42 Å². The van der Waals surface area contributed by atoms with Crippen molar-refractivity contribution in [3.63, 3.8) is 0 Å². The summed E-state index contributed by atoms with van der Waals surface area (Å²) in [5.41, 5.74) is 0.353. The lowest BCUT2D eigenvalue weighted by Crippen LogP contribution is -2.44. The number of aliphatic carboxylic acids is 1. The van der Waals surface area contributed by atoms with E-state index in [0.29, 0.717) is 24.0 Å². The van der Waals surface area contributed by atoms with Gasteiger partial charge in [-0.2, -0.15) is 0 Å². The lowest BCUT2D eigenvalue weighted by molar-refractivity contribution is -0.139. The summed E-state index contributed by atoms with van der Waals surface area (Å²) in [5, 5.41) is 11.7. The van der Waals surface area contributed by atoms with Crippen LogP contribution in [0, 0.1) is 5.92 Å². The van der Waals surface area contributed by atoms with E-state index in [9.17, 15) is 24.3 Å². The Hall–Kier alpha value is -2.70. The number of carbonyl (C=O) groups is 4. The van der Waals surface area contributed by atoms with Gasteiger partial charge in [0.1, 0.15) is 17.4 Å². The van der Waals surface area contributed by atoms with Gasteiger partial charge in [-0.3, -0.25) is 9.59 Å². The SMILES string of the molecule is CC(C)(C)OC(=O)NC(Cc1ccc(C(=O)C2CCCC2=O)cc1)C(=O)O. The Morgan fingerprint density at radius 2 is 1.85 bits per heavy atom. The predicted octanol–water partition coefficient (Wildman–Crippen LogP) is 2.76. The molecule has 0 bridgehead atoms. The Morgan fingerprint density at radius 1 is 1.22 bits per heavy atom. The molecule has 1 aliphatic carbocycles. The number of hydrogen-bond acceptors (Lipinski definition) is 5. The Bertz CT molecular complexity index is 732. The maximum atomic E-state index is 12.4. The van der Waals surface area contributed by atoms with Crippen LogP contribution in [0.2, 0.25) is 0 Å². The maximum Gasteiger partial charge on any atom is 0.408 e. The fraction of sp³-hybridized carbons (Fsp3) is 0.500. The third-order valence-corrected chi connectivity index (χ3v) is 4.29. The number of benzene rings is 1. The summed E-state index contributed by atoms with van der Waals surface area (Å²) in [6, 6.07) is 5.31. The van der Waals surface area contributed by atoms with Gasteiger partial charge in [0.15, 0.2) is 5.78 Å². The molecule has 1 aliphatic rings. The van der Waals surface area contributed by atoms with E-state index in [2.05, 4.69) is 5.32 Å². The highest BCUT2D eigenvalue weighted by atomic mass is 16.6. The van der Waals surface area contributed by atoms with Gasteiger partial charge in [0.25, 0.3) is 0 Å². The monoisotopic (exact) mass is 375 g/mol. The smallest absolute Gasteiger partial charge is 0.408 e. The van der Waals surface area contributed by atoms with Gasteiger partial charge in [-0.1, -0.05) is 24.3 Å². The fourth-order valence-corrected chi connectivity index (χ4v) is 2.98. The van der Waals surface area contributed by atoms with Gasteiger partial charge in [0.05, 0.1) is 5.92 Å². The van der Waals surface area contributed by atoms with Crippen LogP contribution in [-0.4, -0.2) is 40.4 Å². The summed E-state index contributed by atoms with van der Waals surface area (Å²) in [6.07, 6.45) is 1.02. The summed E-state index contributed by atoms with van der Waals surface area (Å²) in [7, 11) is 0. The second kappa shape index (κ2) is 8.33. The van der Waals surface area contributed by atoms with Gasteiger partial charge in [0, 0.05) is 18.4 Å². The largest absolute Gasteiger partial charge is 0.480 e. The molecule has 1 saturated carbocycles. The number of hydrogen-bond donors (Lipinski definition) is 2. The minimum Gasteiger partial charge on any atom is -0.480 e.